The summed E-state index contributed by atoms with van der Waals surface area (Å²) in [6.45, 7) is 3.26. The van der Waals surface area contributed by atoms with Crippen LogP contribution in [0, 0.1) is 6.92 Å². The first kappa shape index (κ1) is 16.5. The van der Waals surface area contributed by atoms with E-state index in [-0.39, 0.29) is 0 Å². The summed E-state index contributed by atoms with van der Waals surface area (Å²) in [6, 6.07) is 8.83. The minimum atomic E-state index is -0.810. The van der Waals surface area contributed by atoms with Crippen molar-refractivity contribution in [2.24, 2.45) is 0 Å². The smallest absolute Gasteiger partial charge is 0.163 e. The third kappa shape index (κ3) is 3.03. The summed E-state index contributed by atoms with van der Waals surface area (Å²) in [6.07, 6.45) is -0.810. The molecule has 130 valence electrons. The molecule has 1 N–H and O–H groups in total. The molecule has 1 atom stereocenters. The van der Waals surface area contributed by atoms with Crippen LogP contribution in [-0.2, 0) is 6.54 Å². The molecule has 0 amide bonds. The molecule has 0 radical (unpaired) electrons. The zero-order valence-electron chi connectivity index (χ0n) is 13.5. The van der Waals surface area contributed by atoms with Crippen molar-refractivity contribution in [3.8, 4) is 11.5 Å². The summed E-state index contributed by atoms with van der Waals surface area (Å²) < 4.78 is 13.2. The van der Waals surface area contributed by atoms with Crippen molar-refractivity contribution in [1.29, 1.82) is 0 Å². The molecule has 0 bridgehead atoms. The normalized spacial score (nSPS) is 14.7. The van der Waals surface area contributed by atoms with E-state index in [1.54, 1.807) is 18.2 Å². The standard InChI is InChI=1S/C18H16Cl2N2O3/c1-10-21-14-7-17-18(25-5-4-24-17)8-15(14)22(10)9-16(23)12-6-11(19)2-3-13(12)20/h2-3,6-8,16,23H,4-5,9H2,1H3/t16-/m1/s1. The van der Waals surface area contributed by atoms with E-state index >= 15 is 0 Å². The van der Waals surface area contributed by atoms with E-state index in [2.05, 4.69) is 4.98 Å². The monoisotopic (exact) mass is 378 g/mol. The van der Waals surface area contributed by atoms with Gasteiger partial charge in [0.2, 0.25) is 0 Å². The second-order valence-electron chi connectivity index (χ2n) is 5.94. The summed E-state index contributed by atoms with van der Waals surface area (Å²) in [4.78, 5) is 4.57. The fourth-order valence-electron chi connectivity index (χ4n) is 3.05. The van der Waals surface area contributed by atoms with Gasteiger partial charge >= 0.3 is 0 Å². The van der Waals surface area contributed by atoms with Crippen molar-refractivity contribution < 1.29 is 14.6 Å². The van der Waals surface area contributed by atoms with Gasteiger partial charge in [0, 0.05) is 27.7 Å². The Morgan fingerprint density at radius 2 is 1.88 bits per heavy atom. The van der Waals surface area contributed by atoms with Crippen LogP contribution in [0.15, 0.2) is 30.3 Å². The lowest BCUT2D eigenvalue weighted by molar-refractivity contribution is 0.157. The predicted molar refractivity (Wildman–Crippen MR) is 96.9 cm³/mol. The fourth-order valence-corrected chi connectivity index (χ4v) is 3.48. The zero-order chi connectivity index (χ0) is 17.6. The van der Waals surface area contributed by atoms with Crippen LogP contribution in [-0.4, -0.2) is 27.9 Å². The number of hydrogen-bond donors (Lipinski definition) is 1. The number of halogens is 2. The van der Waals surface area contributed by atoms with Gasteiger partial charge in [0.1, 0.15) is 19.0 Å². The average molecular weight is 379 g/mol. The molecule has 0 unspecified atom stereocenters. The molecule has 4 rings (SSSR count). The van der Waals surface area contributed by atoms with Crippen LogP contribution >= 0.6 is 23.2 Å². The second-order valence-corrected chi connectivity index (χ2v) is 6.78. The molecule has 2 heterocycles. The van der Waals surface area contributed by atoms with Crippen LogP contribution in [0.5, 0.6) is 11.5 Å². The SMILES string of the molecule is Cc1nc2cc3c(cc2n1C[C@@H](O)c1cc(Cl)ccc1Cl)OCCO3. The van der Waals surface area contributed by atoms with Gasteiger partial charge in [0.25, 0.3) is 0 Å². The van der Waals surface area contributed by atoms with Crippen LogP contribution in [0.25, 0.3) is 11.0 Å². The first-order valence-corrected chi connectivity index (χ1v) is 8.68. The highest BCUT2D eigenvalue weighted by atomic mass is 35.5. The molecule has 5 nitrogen and oxygen atoms in total. The van der Waals surface area contributed by atoms with Crippen molar-refractivity contribution in [2.75, 3.05) is 13.2 Å². The van der Waals surface area contributed by atoms with Gasteiger partial charge in [-0.15, -0.1) is 0 Å². The highest BCUT2D eigenvalue weighted by molar-refractivity contribution is 6.33. The van der Waals surface area contributed by atoms with Gasteiger partial charge in [-0.3, -0.25) is 0 Å². The van der Waals surface area contributed by atoms with Crippen LogP contribution in [0.4, 0.5) is 0 Å². The third-order valence-electron chi connectivity index (χ3n) is 4.28. The summed E-state index contributed by atoms with van der Waals surface area (Å²) in [5, 5.41) is 11.7. The lowest BCUT2D eigenvalue weighted by Crippen LogP contribution is -2.15. The Bertz CT molecular complexity index is 955. The molecule has 1 aliphatic heterocycles. The van der Waals surface area contributed by atoms with Crippen molar-refractivity contribution in [2.45, 2.75) is 19.6 Å². The van der Waals surface area contributed by atoms with Gasteiger partial charge in [-0.1, -0.05) is 23.2 Å². The molecule has 0 spiro atoms. The number of benzene rings is 2. The zero-order valence-corrected chi connectivity index (χ0v) is 15.0. The van der Waals surface area contributed by atoms with Crippen LogP contribution in [0.1, 0.15) is 17.5 Å². The maximum absolute atomic E-state index is 10.7. The van der Waals surface area contributed by atoms with Gasteiger partial charge in [0.05, 0.1) is 23.7 Å². The quantitative estimate of drug-likeness (QED) is 0.743. The van der Waals surface area contributed by atoms with Crippen LogP contribution in [0.3, 0.4) is 0 Å². The molecule has 0 aliphatic carbocycles. The van der Waals surface area contributed by atoms with Gasteiger partial charge in [-0.25, -0.2) is 4.98 Å². The minimum absolute atomic E-state index is 0.308. The Morgan fingerprint density at radius 3 is 2.64 bits per heavy atom. The maximum Gasteiger partial charge on any atom is 0.163 e. The Kier molecular flexibility index (Phi) is 4.23. The average Bonchev–Trinajstić information content (AvgIpc) is 2.89. The van der Waals surface area contributed by atoms with E-state index in [0.717, 1.165) is 16.9 Å². The number of nitrogens with zero attached hydrogens (tertiary/aromatic N) is 2. The van der Waals surface area contributed by atoms with Gasteiger partial charge < -0.3 is 19.1 Å². The van der Waals surface area contributed by atoms with Crippen molar-refractivity contribution >= 4 is 34.2 Å². The predicted octanol–water partition coefficient (Wildman–Crippen LogP) is 4.16. The Labute approximate surface area is 154 Å². The first-order chi connectivity index (χ1) is 12.0. The number of rotatable bonds is 3. The molecule has 25 heavy (non-hydrogen) atoms. The molecule has 3 aromatic rings. The number of aliphatic hydroxyl groups is 1. The minimum Gasteiger partial charge on any atom is -0.486 e. The summed E-state index contributed by atoms with van der Waals surface area (Å²) in [5.74, 6) is 2.17. The molecule has 0 saturated heterocycles. The van der Waals surface area contributed by atoms with Crippen LogP contribution in [0.2, 0.25) is 10.0 Å². The number of hydrogen-bond acceptors (Lipinski definition) is 4. The van der Waals surface area contributed by atoms with E-state index in [4.69, 9.17) is 32.7 Å². The Morgan fingerprint density at radius 1 is 1.16 bits per heavy atom. The molecule has 7 heteroatoms. The highest BCUT2D eigenvalue weighted by Crippen LogP contribution is 2.35. The Hall–Kier alpha value is -1.95. The van der Waals surface area contributed by atoms with E-state index in [9.17, 15) is 5.11 Å². The number of aryl methyl sites for hydroxylation is 1. The topological polar surface area (TPSA) is 56.5 Å². The Balaban J connectivity index is 1.73. The van der Waals surface area contributed by atoms with Gasteiger partial charge in [-0.05, 0) is 25.1 Å². The number of aliphatic hydroxyl groups excluding tert-OH is 1. The largest absolute Gasteiger partial charge is 0.486 e. The third-order valence-corrected chi connectivity index (χ3v) is 4.85. The van der Waals surface area contributed by atoms with Gasteiger partial charge in [-0.2, -0.15) is 0 Å². The van der Waals surface area contributed by atoms with E-state index in [1.165, 1.54) is 0 Å². The molecular weight excluding hydrogens is 363 g/mol. The van der Waals surface area contributed by atoms with E-state index in [0.29, 0.717) is 46.9 Å². The summed E-state index contributed by atoms with van der Waals surface area (Å²) >= 11 is 12.2. The molecule has 0 saturated carbocycles. The lowest BCUT2D eigenvalue weighted by Gasteiger charge is -2.19. The van der Waals surface area contributed by atoms with Crippen molar-refractivity contribution in [3.63, 3.8) is 0 Å². The number of ether oxygens (including phenoxy) is 2. The number of fused-ring (bicyclic) bond motifs is 2. The fraction of sp³-hybridized carbons (Fsp3) is 0.278. The van der Waals surface area contributed by atoms with Crippen molar-refractivity contribution in [1.82, 2.24) is 9.55 Å². The molecule has 1 aromatic heterocycles. The summed E-state index contributed by atoms with van der Waals surface area (Å²) in [7, 11) is 0. The van der Waals surface area contributed by atoms with E-state index in [1.807, 2.05) is 23.6 Å². The highest BCUT2D eigenvalue weighted by Gasteiger charge is 2.20. The lowest BCUT2D eigenvalue weighted by atomic mass is 10.1. The van der Waals surface area contributed by atoms with Crippen molar-refractivity contribution in [3.05, 3.63) is 51.8 Å². The molecule has 1 aliphatic rings. The number of imidazole rings is 1. The molecule has 2 aromatic carbocycles. The maximum atomic E-state index is 10.7. The molecular formula is C18H16Cl2N2O3. The number of aromatic nitrogens is 2. The van der Waals surface area contributed by atoms with E-state index < -0.39 is 6.10 Å². The first-order valence-electron chi connectivity index (χ1n) is 7.92. The molecule has 0 fully saturated rings. The van der Waals surface area contributed by atoms with Crippen LogP contribution < -0.4 is 9.47 Å². The second kappa shape index (κ2) is 6.41. The summed E-state index contributed by atoms with van der Waals surface area (Å²) in [5.41, 5.74) is 2.26. The van der Waals surface area contributed by atoms with Gasteiger partial charge in [0.15, 0.2) is 11.5 Å².